The lowest BCUT2D eigenvalue weighted by Crippen LogP contribution is -2.03. The Labute approximate surface area is 143 Å². The Balaban J connectivity index is 1.52. The number of para-hydroxylation sites is 2. The number of fused-ring (bicyclic) bond motifs is 2. The van der Waals surface area contributed by atoms with Crippen LogP contribution in [0.5, 0.6) is 11.5 Å². The standard InChI is InChI=1S/C18H14N2O3S/c1-11-18(20-14-5-3-2-4-13(14)19-11)24-9-15(21)12-6-7-16-17(8-12)23-10-22-16/h2-8H,9-10H2,1H3. The van der Waals surface area contributed by atoms with E-state index < -0.39 is 0 Å². The summed E-state index contributed by atoms with van der Waals surface area (Å²) >= 11 is 1.40. The molecular weight excluding hydrogens is 324 g/mol. The average Bonchev–Trinajstić information content (AvgIpc) is 3.07. The van der Waals surface area contributed by atoms with Gasteiger partial charge in [0.1, 0.15) is 5.03 Å². The van der Waals surface area contributed by atoms with E-state index in [1.807, 2.05) is 31.2 Å². The first-order chi connectivity index (χ1) is 11.7. The molecule has 0 fully saturated rings. The van der Waals surface area contributed by atoms with Crippen molar-refractivity contribution >= 4 is 28.6 Å². The smallest absolute Gasteiger partial charge is 0.231 e. The van der Waals surface area contributed by atoms with Crippen molar-refractivity contribution in [1.29, 1.82) is 0 Å². The lowest BCUT2D eigenvalue weighted by molar-refractivity contribution is 0.102. The Morgan fingerprint density at radius 1 is 1.08 bits per heavy atom. The lowest BCUT2D eigenvalue weighted by atomic mass is 10.1. The number of hydrogen-bond donors (Lipinski definition) is 0. The highest BCUT2D eigenvalue weighted by molar-refractivity contribution is 8.00. The zero-order valence-electron chi connectivity index (χ0n) is 13.0. The van der Waals surface area contributed by atoms with E-state index in [0.717, 1.165) is 21.8 Å². The van der Waals surface area contributed by atoms with Crippen molar-refractivity contribution in [2.24, 2.45) is 0 Å². The van der Waals surface area contributed by atoms with Crippen LogP contribution in [0.25, 0.3) is 11.0 Å². The van der Waals surface area contributed by atoms with E-state index in [2.05, 4.69) is 9.97 Å². The van der Waals surface area contributed by atoms with Crippen LogP contribution < -0.4 is 9.47 Å². The molecule has 0 amide bonds. The predicted octanol–water partition coefficient (Wildman–Crippen LogP) is 3.64. The quantitative estimate of drug-likeness (QED) is 0.535. The van der Waals surface area contributed by atoms with E-state index in [-0.39, 0.29) is 12.6 Å². The van der Waals surface area contributed by atoms with E-state index >= 15 is 0 Å². The van der Waals surface area contributed by atoms with Crippen LogP contribution in [0.15, 0.2) is 47.5 Å². The van der Waals surface area contributed by atoms with Crippen LogP contribution in [0, 0.1) is 6.92 Å². The fourth-order valence-corrected chi connectivity index (χ4v) is 3.35. The van der Waals surface area contributed by atoms with Crippen molar-refractivity contribution in [3.8, 4) is 11.5 Å². The van der Waals surface area contributed by atoms with E-state index in [9.17, 15) is 4.79 Å². The van der Waals surface area contributed by atoms with Gasteiger partial charge in [-0.15, -0.1) is 0 Å². The van der Waals surface area contributed by atoms with Gasteiger partial charge in [0.05, 0.1) is 22.5 Å². The van der Waals surface area contributed by atoms with Gasteiger partial charge in [0, 0.05) is 5.56 Å². The number of hydrogen-bond acceptors (Lipinski definition) is 6. The molecule has 0 saturated heterocycles. The third-order valence-corrected chi connectivity index (χ3v) is 4.80. The van der Waals surface area contributed by atoms with Gasteiger partial charge in [-0.2, -0.15) is 0 Å². The first-order valence-electron chi connectivity index (χ1n) is 7.50. The molecule has 1 aromatic heterocycles. The summed E-state index contributed by atoms with van der Waals surface area (Å²) in [5, 5.41) is 0.780. The largest absolute Gasteiger partial charge is 0.454 e. The number of nitrogens with zero attached hydrogens (tertiary/aromatic N) is 2. The maximum Gasteiger partial charge on any atom is 0.231 e. The third-order valence-electron chi connectivity index (χ3n) is 3.74. The first kappa shape index (κ1) is 15.0. The molecule has 0 unspecified atom stereocenters. The first-order valence-corrected chi connectivity index (χ1v) is 8.48. The number of carbonyl (C=O) groups is 1. The third kappa shape index (κ3) is 2.80. The number of rotatable bonds is 4. The summed E-state index contributed by atoms with van der Waals surface area (Å²) < 4.78 is 10.6. The molecule has 2 heterocycles. The number of thioether (sulfide) groups is 1. The second-order valence-corrected chi connectivity index (χ2v) is 6.35. The van der Waals surface area contributed by atoms with Crippen molar-refractivity contribution in [3.05, 3.63) is 53.7 Å². The minimum absolute atomic E-state index is 0.0210. The molecule has 3 aromatic rings. The summed E-state index contributed by atoms with van der Waals surface area (Å²) in [5.74, 6) is 1.61. The molecule has 24 heavy (non-hydrogen) atoms. The summed E-state index contributed by atoms with van der Waals surface area (Å²) in [6.07, 6.45) is 0. The van der Waals surface area contributed by atoms with Gasteiger partial charge in [-0.1, -0.05) is 23.9 Å². The van der Waals surface area contributed by atoms with E-state index in [4.69, 9.17) is 9.47 Å². The van der Waals surface area contributed by atoms with Gasteiger partial charge in [0.2, 0.25) is 6.79 Å². The van der Waals surface area contributed by atoms with Gasteiger partial charge in [-0.05, 0) is 37.3 Å². The molecule has 0 N–H and O–H groups in total. The van der Waals surface area contributed by atoms with Crippen LogP contribution in [0.2, 0.25) is 0 Å². The topological polar surface area (TPSA) is 61.3 Å². The van der Waals surface area contributed by atoms with Crippen molar-refractivity contribution in [3.63, 3.8) is 0 Å². The number of ketones is 1. The molecule has 5 nitrogen and oxygen atoms in total. The van der Waals surface area contributed by atoms with E-state index in [0.29, 0.717) is 22.8 Å². The average molecular weight is 338 g/mol. The summed E-state index contributed by atoms with van der Waals surface area (Å²) in [7, 11) is 0. The van der Waals surface area contributed by atoms with Crippen LogP contribution in [0.4, 0.5) is 0 Å². The minimum Gasteiger partial charge on any atom is -0.454 e. The predicted molar refractivity (Wildman–Crippen MR) is 91.9 cm³/mol. The highest BCUT2D eigenvalue weighted by atomic mass is 32.2. The number of ether oxygens (including phenoxy) is 2. The van der Waals surface area contributed by atoms with Crippen LogP contribution in [-0.4, -0.2) is 28.3 Å². The maximum absolute atomic E-state index is 12.4. The van der Waals surface area contributed by atoms with Crippen molar-refractivity contribution in [1.82, 2.24) is 9.97 Å². The molecule has 120 valence electrons. The number of benzene rings is 2. The Bertz CT molecular complexity index is 943. The van der Waals surface area contributed by atoms with Gasteiger partial charge >= 0.3 is 0 Å². The Hall–Kier alpha value is -2.60. The Morgan fingerprint density at radius 3 is 2.67 bits per heavy atom. The summed E-state index contributed by atoms with van der Waals surface area (Å²) in [5.41, 5.74) is 3.14. The number of carbonyl (C=O) groups excluding carboxylic acids is 1. The van der Waals surface area contributed by atoms with Crippen molar-refractivity contribution < 1.29 is 14.3 Å². The zero-order valence-corrected chi connectivity index (χ0v) is 13.8. The fraction of sp³-hybridized carbons (Fsp3) is 0.167. The number of aromatic nitrogens is 2. The van der Waals surface area contributed by atoms with Crippen LogP contribution in [0.3, 0.4) is 0 Å². The fourth-order valence-electron chi connectivity index (χ4n) is 2.50. The zero-order chi connectivity index (χ0) is 16.5. The van der Waals surface area contributed by atoms with Crippen LogP contribution >= 0.6 is 11.8 Å². The second-order valence-electron chi connectivity index (χ2n) is 5.38. The highest BCUT2D eigenvalue weighted by Gasteiger charge is 2.17. The molecule has 0 bridgehead atoms. The maximum atomic E-state index is 12.4. The van der Waals surface area contributed by atoms with Gasteiger partial charge in [0.25, 0.3) is 0 Å². The van der Waals surface area contributed by atoms with Crippen molar-refractivity contribution in [2.75, 3.05) is 12.5 Å². The van der Waals surface area contributed by atoms with Gasteiger partial charge in [-0.3, -0.25) is 4.79 Å². The van der Waals surface area contributed by atoms with Gasteiger partial charge < -0.3 is 9.47 Å². The number of aryl methyl sites for hydroxylation is 1. The van der Waals surface area contributed by atoms with E-state index in [1.165, 1.54) is 11.8 Å². The van der Waals surface area contributed by atoms with Crippen LogP contribution in [0.1, 0.15) is 16.1 Å². The lowest BCUT2D eigenvalue weighted by Gasteiger charge is -2.06. The molecule has 0 spiro atoms. The molecule has 0 saturated carbocycles. The monoisotopic (exact) mass is 338 g/mol. The molecule has 6 heteroatoms. The highest BCUT2D eigenvalue weighted by Crippen LogP contribution is 2.33. The molecule has 0 atom stereocenters. The summed E-state index contributed by atoms with van der Waals surface area (Å²) in [6.45, 7) is 2.11. The second kappa shape index (κ2) is 6.13. The summed E-state index contributed by atoms with van der Waals surface area (Å²) in [6, 6.07) is 13.0. The normalized spacial score (nSPS) is 12.5. The molecule has 0 aliphatic carbocycles. The Morgan fingerprint density at radius 2 is 1.83 bits per heavy atom. The van der Waals surface area contributed by atoms with Crippen molar-refractivity contribution in [2.45, 2.75) is 11.9 Å². The minimum atomic E-state index is 0.0210. The molecule has 1 aliphatic rings. The molecule has 0 radical (unpaired) electrons. The van der Waals surface area contributed by atoms with Gasteiger partial charge in [0.15, 0.2) is 17.3 Å². The Kier molecular flexibility index (Phi) is 3.82. The van der Waals surface area contributed by atoms with Gasteiger partial charge in [-0.25, -0.2) is 9.97 Å². The molecule has 4 rings (SSSR count). The van der Waals surface area contributed by atoms with E-state index in [1.54, 1.807) is 18.2 Å². The molecule has 1 aliphatic heterocycles. The summed E-state index contributed by atoms with van der Waals surface area (Å²) in [4.78, 5) is 21.6. The molecule has 2 aromatic carbocycles. The SMILES string of the molecule is Cc1nc2ccccc2nc1SCC(=O)c1ccc2c(c1)OCO2. The van der Waals surface area contributed by atoms with Crippen LogP contribution in [-0.2, 0) is 0 Å². The molecular formula is C18H14N2O3S. The number of Topliss-reactive ketones (excluding diaryl/α,β-unsaturated/α-hetero) is 1.